The van der Waals surface area contributed by atoms with Gasteiger partial charge < -0.3 is 9.88 Å². The van der Waals surface area contributed by atoms with Crippen molar-refractivity contribution in [3.05, 3.63) is 18.2 Å². The van der Waals surface area contributed by atoms with E-state index in [1.807, 2.05) is 24.7 Å². The molecule has 2 heterocycles. The van der Waals surface area contributed by atoms with Crippen LogP contribution in [-0.4, -0.2) is 45.4 Å². The Bertz CT molecular complexity index is 469. The van der Waals surface area contributed by atoms with E-state index in [2.05, 4.69) is 10.3 Å². The molecular weight excluding hydrogens is 244 g/mol. The van der Waals surface area contributed by atoms with Gasteiger partial charge in [-0.1, -0.05) is 6.92 Å². The number of nitrogens with zero attached hydrogens (tertiary/aromatic N) is 3. The van der Waals surface area contributed by atoms with Gasteiger partial charge in [0.25, 0.3) is 0 Å². The average Bonchev–Trinajstić information content (AvgIpc) is 2.89. The zero-order valence-corrected chi connectivity index (χ0v) is 11.4. The summed E-state index contributed by atoms with van der Waals surface area (Å²) in [6.45, 7) is 3.13. The lowest BCUT2D eigenvalue weighted by molar-refractivity contribution is -0.138. The number of aryl methyl sites for hydroxylation is 1. The fraction of sp³-hybridized carbons (Fsp3) is 0.615. The average molecular weight is 264 g/mol. The predicted octanol–water partition coefficient (Wildman–Crippen LogP) is 0.0897. The summed E-state index contributed by atoms with van der Waals surface area (Å²) in [5, 5.41) is 3.15. The number of aromatic nitrogens is 2. The molecular formula is C13H20N4O2. The third-order valence-corrected chi connectivity index (χ3v) is 3.35. The van der Waals surface area contributed by atoms with Gasteiger partial charge in [0.15, 0.2) is 0 Å². The normalized spacial score (nSPS) is 19.5. The Morgan fingerprint density at radius 3 is 2.89 bits per heavy atom. The summed E-state index contributed by atoms with van der Waals surface area (Å²) in [6.07, 6.45) is 5.47. The topological polar surface area (TPSA) is 67.2 Å². The zero-order valence-electron chi connectivity index (χ0n) is 11.4. The first-order valence-corrected chi connectivity index (χ1v) is 6.67. The Balaban J connectivity index is 1.82. The molecule has 1 fully saturated rings. The fourth-order valence-electron chi connectivity index (χ4n) is 2.30. The highest BCUT2D eigenvalue weighted by Gasteiger charge is 2.37. The van der Waals surface area contributed by atoms with Gasteiger partial charge in [-0.2, -0.15) is 0 Å². The molecule has 0 spiro atoms. The number of imide groups is 1. The molecule has 6 nitrogen and oxygen atoms in total. The number of imidazole rings is 1. The van der Waals surface area contributed by atoms with E-state index >= 15 is 0 Å². The van der Waals surface area contributed by atoms with Crippen LogP contribution in [0.25, 0.3) is 0 Å². The van der Waals surface area contributed by atoms with E-state index in [-0.39, 0.29) is 24.3 Å². The summed E-state index contributed by atoms with van der Waals surface area (Å²) in [6, 6.07) is -0.362. The molecule has 1 aromatic heterocycles. The molecule has 1 aromatic rings. The molecule has 1 aliphatic rings. The highest BCUT2D eigenvalue weighted by molar-refractivity contribution is 6.05. The molecule has 0 aromatic carbocycles. The van der Waals surface area contributed by atoms with E-state index in [4.69, 9.17) is 0 Å². The first-order chi connectivity index (χ1) is 9.13. The van der Waals surface area contributed by atoms with E-state index in [1.165, 1.54) is 4.90 Å². The molecule has 1 N–H and O–H groups in total. The Labute approximate surface area is 112 Å². The molecule has 104 valence electrons. The summed E-state index contributed by atoms with van der Waals surface area (Å²) in [5.74, 6) is 0.808. The summed E-state index contributed by atoms with van der Waals surface area (Å²) >= 11 is 0. The van der Waals surface area contributed by atoms with Gasteiger partial charge in [0.05, 0.1) is 12.5 Å². The molecule has 19 heavy (non-hydrogen) atoms. The van der Waals surface area contributed by atoms with Crippen LogP contribution in [0.5, 0.6) is 0 Å². The Morgan fingerprint density at radius 2 is 2.26 bits per heavy atom. The third-order valence-electron chi connectivity index (χ3n) is 3.35. The second-order valence-corrected chi connectivity index (χ2v) is 4.80. The molecule has 6 heteroatoms. The molecule has 1 saturated heterocycles. The van der Waals surface area contributed by atoms with Crippen molar-refractivity contribution in [3.63, 3.8) is 0 Å². The van der Waals surface area contributed by atoms with E-state index in [0.29, 0.717) is 13.1 Å². The minimum Gasteiger partial charge on any atom is -0.338 e. The second kappa shape index (κ2) is 5.97. The standard InChI is InChI=1S/C13H20N4O2/c1-3-7-17-12(18)9-10(13(17)19)14-5-4-11-15-6-8-16(11)2/h6,8,10,14H,3-5,7,9H2,1-2H3. The van der Waals surface area contributed by atoms with Crippen LogP contribution in [-0.2, 0) is 23.1 Å². The van der Waals surface area contributed by atoms with Crippen molar-refractivity contribution in [1.82, 2.24) is 19.8 Å². The highest BCUT2D eigenvalue weighted by atomic mass is 16.2. The molecule has 0 radical (unpaired) electrons. The molecule has 0 saturated carbocycles. The Hall–Kier alpha value is -1.69. The van der Waals surface area contributed by atoms with Crippen molar-refractivity contribution in [2.75, 3.05) is 13.1 Å². The Kier molecular flexibility index (Phi) is 4.31. The number of carbonyl (C=O) groups is 2. The lowest BCUT2D eigenvalue weighted by Crippen LogP contribution is -2.39. The molecule has 0 aliphatic carbocycles. The van der Waals surface area contributed by atoms with Gasteiger partial charge in [0.1, 0.15) is 5.82 Å². The van der Waals surface area contributed by atoms with E-state index < -0.39 is 0 Å². The maximum Gasteiger partial charge on any atom is 0.246 e. The number of hydrogen-bond donors (Lipinski definition) is 1. The molecule has 1 unspecified atom stereocenters. The van der Waals surface area contributed by atoms with Crippen molar-refractivity contribution in [2.45, 2.75) is 32.2 Å². The number of hydrogen-bond acceptors (Lipinski definition) is 4. The van der Waals surface area contributed by atoms with Gasteiger partial charge >= 0.3 is 0 Å². The molecule has 0 bridgehead atoms. The summed E-state index contributed by atoms with van der Waals surface area (Å²) in [5.41, 5.74) is 0. The van der Waals surface area contributed by atoms with E-state index in [0.717, 1.165) is 18.7 Å². The summed E-state index contributed by atoms with van der Waals surface area (Å²) < 4.78 is 1.95. The molecule has 1 atom stereocenters. The minimum absolute atomic E-state index is 0.0682. The first kappa shape index (κ1) is 13.7. The smallest absolute Gasteiger partial charge is 0.246 e. The first-order valence-electron chi connectivity index (χ1n) is 6.67. The van der Waals surface area contributed by atoms with Gasteiger partial charge in [0.2, 0.25) is 11.8 Å². The Morgan fingerprint density at radius 1 is 1.47 bits per heavy atom. The van der Waals surface area contributed by atoms with Crippen LogP contribution in [0, 0.1) is 0 Å². The largest absolute Gasteiger partial charge is 0.338 e. The van der Waals surface area contributed by atoms with Crippen molar-refractivity contribution >= 4 is 11.8 Å². The van der Waals surface area contributed by atoms with Gasteiger partial charge in [-0.25, -0.2) is 4.98 Å². The third kappa shape index (κ3) is 3.01. The molecule has 1 aliphatic heterocycles. The van der Waals surface area contributed by atoms with Gasteiger partial charge in [-0.3, -0.25) is 14.5 Å². The highest BCUT2D eigenvalue weighted by Crippen LogP contribution is 2.13. The summed E-state index contributed by atoms with van der Waals surface area (Å²) in [7, 11) is 1.94. The zero-order chi connectivity index (χ0) is 13.8. The second-order valence-electron chi connectivity index (χ2n) is 4.80. The predicted molar refractivity (Wildman–Crippen MR) is 70.3 cm³/mol. The number of nitrogens with one attached hydrogen (secondary N) is 1. The lowest BCUT2D eigenvalue weighted by Gasteiger charge is -2.14. The maximum absolute atomic E-state index is 12.0. The van der Waals surface area contributed by atoms with Crippen LogP contribution in [0.2, 0.25) is 0 Å². The van der Waals surface area contributed by atoms with Crippen molar-refractivity contribution < 1.29 is 9.59 Å². The van der Waals surface area contributed by atoms with E-state index in [1.54, 1.807) is 6.20 Å². The van der Waals surface area contributed by atoms with Crippen LogP contribution < -0.4 is 5.32 Å². The van der Waals surface area contributed by atoms with Crippen LogP contribution in [0.4, 0.5) is 0 Å². The van der Waals surface area contributed by atoms with Crippen molar-refractivity contribution in [1.29, 1.82) is 0 Å². The van der Waals surface area contributed by atoms with Crippen molar-refractivity contribution in [2.24, 2.45) is 7.05 Å². The lowest BCUT2D eigenvalue weighted by atomic mass is 10.2. The van der Waals surface area contributed by atoms with Crippen LogP contribution in [0.15, 0.2) is 12.4 Å². The SMILES string of the molecule is CCCN1C(=O)CC(NCCc2nccn2C)C1=O. The van der Waals surface area contributed by atoms with Crippen molar-refractivity contribution in [3.8, 4) is 0 Å². The molecule has 2 rings (SSSR count). The maximum atomic E-state index is 12.0. The number of rotatable bonds is 6. The van der Waals surface area contributed by atoms with E-state index in [9.17, 15) is 9.59 Å². The number of amides is 2. The quantitative estimate of drug-likeness (QED) is 0.739. The van der Waals surface area contributed by atoms with Gasteiger partial charge in [-0.15, -0.1) is 0 Å². The van der Waals surface area contributed by atoms with Crippen LogP contribution in [0.3, 0.4) is 0 Å². The minimum atomic E-state index is -0.362. The van der Waals surface area contributed by atoms with Gasteiger partial charge in [0, 0.05) is 39.0 Å². The number of carbonyl (C=O) groups excluding carboxylic acids is 2. The monoisotopic (exact) mass is 264 g/mol. The van der Waals surface area contributed by atoms with Gasteiger partial charge in [-0.05, 0) is 6.42 Å². The van der Waals surface area contributed by atoms with Crippen LogP contribution >= 0.6 is 0 Å². The fourth-order valence-corrected chi connectivity index (χ4v) is 2.30. The van der Waals surface area contributed by atoms with Crippen LogP contribution in [0.1, 0.15) is 25.6 Å². The number of likely N-dealkylation sites (tertiary alicyclic amines) is 1. The summed E-state index contributed by atoms with van der Waals surface area (Å²) in [4.78, 5) is 29.2. The molecule has 2 amide bonds.